The Morgan fingerprint density at radius 1 is 1.21 bits per heavy atom. The van der Waals surface area contributed by atoms with Crippen LogP contribution in [0.1, 0.15) is 18.1 Å². The van der Waals surface area contributed by atoms with Crippen LogP contribution >= 0.6 is 0 Å². The lowest BCUT2D eigenvalue weighted by atomic mass is 10.1. The maximum absolute atomic E-state index is 5.71. The molecule has 1 N–H and O–H groups in total. The van der Waals surface area contributed by atoms with Crippen molar-refractivity contribution in [1.29, 1.82) is 0 Å². The standard InChI is InChI=1S/C12H15NO/c1-4-13-11-7-10-8(2)5-6-9(3)12(10)14-11/h5-7,13H,4H2,1-3H3. The fraction of sp³-hybridized carbons (Fsp3) is 0.333. The van der Waals surface area contributed by atoms with Crippen molar-refractivity contribution >= 4 is 16.9 Å². The summed E-state index contributed by atoms with van der Waals surface area (Å²) in [4.78, 5) is 0. The fourth-order valence-electron chi connectivity index (χ4n) is 1.65. The molecule has 0 radical (unpaired) electrons. The molecule has 2 aromatic rings. The second-order valence-corrected chi connectivity index (χ2v) is 3.58. The Morgan fingerprint density at radius 3 is 2.57 bits per heavy atom. The van der Waals surface area contributed by atoms with Crippen molar-refractivity contribution in [2.24, 2.45) is 0 Å². The molecule has 2 nitrogen and oxygen atoms in total. The number of rotatable bonds is 2. The summed E-state index contributed by atoms with van der Waals surface area (Å²) in [5.41, 5.74) is 3.45. The first kappa shape index (κ1) is 9.13. The molecule has 0 spiro atoms. The van der Waals surface area contributed by atoms with Gasteiger partial charge in [-0.25, -0.2) is 0 Å². The van der Waals surface area contributed by atoms with Crippen LogP contribution in [0.15, 0.2) is 22.6 Å². The van der Waals surface area contributed by atoms with E-state index in [2.05, 4.69) is 44.3 Å². The number of hydrogen-bond donors (Lipinski definition) is 1. The second-order valence-electron chi connectivity index (χ2n) is 3.58. The molecule has 2 rings (SSSR count). The van der Waals surface area contributed by atoms with Crippen LogP contribution in [0.3, 0.4) is 0 Å². The van der Waals surface area contributed by atoms with E-state index >= 15 is 0 Å². The third kappa shape index (κ3) is 1.37. The average Bonchev–Trinajstić information content (AvgIpc) is 2.57. The highest BCUT2D eigenvalue weighted by Gasteiger charge is 2.06. The van der Waals surface area contributed by atoms with E-state index in [1.54, 1.807) is 0 Å². The van der Waals surface area contributed by atoms with E-state index in [4.69, 9.17) is 4.42 Å². The van der Waals surface area contributed by atoms with Crippen LogP contribution in [0.4, 0.5) is 5.88 Å². The van der Waals surface area contributed by atoms with E-state index in [1.165, 1.54) is 16.5 Å². The lowest BCUT2D eigenvalue weighted by Gasteiger charge is -1.97. The Labute approximate surface area is 83.9 Å². The van der Waals surface area contributed by atoms with Gasteiger partial charge in [0, 0.05) is 18.0 Å². The molecule has 0 aliphatic carbocycles. The number of anilines is 1. The summed E-state index contributed by atoms with van der Waals surface area (Å²) in [5, 5.41) is 4.39. The van der Waals surface area contributed by atoms with Gasteiger partial charge in [-0.3, -0.25) is 0 Å². The molecule has 0 saturated carbocycles. The average molecular weight is 189 g/mol. The third-order valence-corrected chi connectivity index (χ3v) is 2.45. The maximum atomic E-state index is 5.71. The van der Waals surface area contributed by atoms with Gasteiger partial charge in [-0.1, -0.05) is 12.1 Å². The molecule has 0 bridgehead atoms. The van der Waals surface area contributed by atoms with Gasteiger partial charge in [-0.15, -0.1) is 0 Å². The van der Waals surface area contributed by atoms with Gasteiger partial charge >= 0.3 is 0 Å². The molecule has 0 aliphatic heterocycles. The first-order valence-electron chi connectivity index (χ1n) is 4.96. The topological polar surface area (TPSA) is 25.2 Å². The zero-order valence-electron chi connectivity index (χ0n) is 8.85. The van der Waals surface area contributed by atoms with Gasteiger partial charge in [0.2, 0.25) is 0 Å². The first-order chi connectivity index (χ1) is 6.72. The minimum absolute atomic E-state index is 0.861. The molecule has 0 saturated heterocycles. The molecule has 0 atom stereocenters. The number of fused-ring (bicyclic) bond motifs is 1. The van der Waals surface area contributed by atoms with Crippen molar-refractivity contribution < 1.29 is 4.42 Å². The van der Waals surface area contributed by atoms with Gasteiger partial charge in [0.1, 0.15) is 5.58 Å². The Kier molecular flexibility index (Phi) is 2.20. The largest absolute Gasteiger partial charge is 0.440 e. The van der Waals surface area contributed by atoms with Crippen LogP contribution in [0, 0.1) is 13.8 Å². The highest BCUT2D eigenvalue weighted by Crippen LogP contribution is 2.28. The van der Waals surface area contributed by atoms with Gasteiger partial charge in [-0.2, -0.15) is 0 Å². The molecule has 1 aromatic heterocycles. The summed E-state index contributed by atoms with van der Waals surface area (Å²) in [6.07, 6.45) is 0. The highest BCUT2D eigenvalue weighted by atomic mass is 16.3. The van der Waals surface area contributed by atoms with E-state index in [0.717, 1.165) is 18.0 Å². The molecular weight excluding hydrogens is 174 g/mol. The smallest absolute Gasteiger partial charge is 0.194 e. The molecule has 1 aromatic carbocycles. The van der Waals surface area contributed by atoms with E-state index in [1.807, 2.05) is 0 Å². The van der Waals surface area contributed by atoms with Gasteiger partial charge < -0.3 is 9.73 Å². The minimum Gasteiger partial charge on any atom is -0.440 e. The summed E-state index contributed by atoms with van der Waals surface area (Å²) in [5.74, 6) is 0.861. The summed E-state index contributed by atoms with van der Waals surface area (Å²) in [7, 11) is 0. The van der Waals surface area contributed by atoms with Gasteiger partial charge in [-0.05, 0) is 31.9 Å². The van der Waals surface area contributed by atoms with E-state index < -0.39 is 0 Å². The normalized spacial score (nSPS) is 10.8. The molecule has 0 fully saturated rings. The van der Waals surface area contributed by atoms with Crippen molar-refractivity contribution in [1.82, 2.24) is 0 Å². The van der Waals surface area contributed by atoms with Crippen LogP contribution in [-0.4, -0.2) is 6.54 Å². The molecule has 0 aliphatic rings. The van der Waals surface area contributed by atoms with Crippen LogP contribution in [0.25, 0.3) is 11.0 Å². The van der Waals surface area contributed by atoms with Crippen molar-refractivity contribution in [3.63, 3.8) is 0 Å². The van der Waals surface area contributed by atoms with Gasteiger partial charge in [0.15, 0.2) is 5.88 Å². The first-order valence-corrected chi connectivity index (χ1v) is 4.96. The lowest BCUT2D eigenvalue weighted by molar-refractivity contribution is 0.625. The van der Waals surface area contributed by atoms with Crippen LogP contribution in [0.5, 0.6) is 0 Å². The Bertz CT molecular complexity index is 418. The number of nitrogens with one attached hydrogen (secondary N) is 1. The number of benzene rings is 1. The van der Waals surface area contributed by atoms with Gasteiger partial charge in [0.25, 0.3) is 0 Å². The van der Waals surface area contributed by atoms with Crippen molar-refractivity contribution in [2.75, 3.05) is 11.9 Å². The van der Waals surface area contributed by atoms with Crippen LogP contribution in [0.2, 0.25) is 0 Å². The molecular formula is C12H15NO. The molecule has 14 heavy (non-hydrogen) atoms. The predicted molar refractivity (Wildman–Crippen MR) is 59.9 cm³/mol. The van der Waals surface area contributed by atoms with Crippen molar-refractivity contribution in [3.8, 4) is 0 Å². The maximum Gasteiger partial charge on any atom is 0.194 e. The minimum atomic E-state index is 0.861. The number of hydrogen-bond acceptors (Lipinski definition) is 2. The summed E-state index contributed by atoms with van der Waals surface area (Å²) < 4.78 is 5.71. The monoisotopic (exact) mass is 189 g/mol. The zero-order valence-corrected chi connectivity index (χ0v) is 8.85. The van der Waals surface area contributed by atoms with Crippen molar-refractivity contribution in [3.05, 3.63) is 29.3 Å². The van der Waals surface area contributed by atoms with E-state index in [-0.39, 0.29) is 0 Å². The molecule has 1 heterocycles. The van der Waals surface area contributed by atoms with E-state index in [0.29, 0.717) is 0 Å². The third-order valence-electron chi connectivity index (χ3n) is 2.45. The summed E-state index contributed by atoms with van der Waals surface area (Å²) in [6, 6.07) is 6.29. The molecule has 2 heteroatoms. The number of aryl methyl sites for hydroxylation is 2. The summed E-state index contributed by atoms with van der Waals surface area (Å²) >= 11 is 0. The van der Waals surface area contributed by atoms with E-state index in [9.17, 15) is 0 Å². The molecule has 74 valence electrons. The van der Waals surface area contributed by atoms with Crippen LogP contribution in [-0.2, 0) is 0 Å². The quantitative estimate of drug-likeness (QED) is 0.782. The fourth-order valence-corrected chi connectivity index (χ4v) is 1.65. The highest BCUT2D eigenvalue weighted by molar-refractivity contribution is 5.86. The number of furan rings is 1. The second kappa shape index (κ2) is 3.37. The van der Waals surface area contributed by atoms with Crippen LogP contribution < -0.4 is 5.32 Å². The molecule has 0 amide bonds. The Balaban J connectivity index is 2.63. The Morgan fingerprint density at radius 2 is 1.93 bits per heavy atom. The Hall–Kier alpha value is -1.44. The SMILES string of the molecule is CCNc1cc2c(C)ccc(C)c2o1. The molecule has 0 unspecified atom stereocenters. The van der Waals surface area contributed by atoms with Gasteiger partial charge in [0.05, 0.1) is 0 Å². The predicted octanol–water partition coefficient (Wildman–Crippen LogP) is 3.48. The van der Waals surface area contributed by atoms with Crippen molar-refractivity contribution in [2.45, 2.75) is 20.8 Å². The lowest BCUT2D eigenvalue weighted by Crippen LogP contribution is -1.93. The summed E-state index contributed by atoms with van der Waals surface area (Å²) in [6.45, 7) is 7.12. The zero-order chi connectivity index (χ0) is 10.1.